The summed E-state index contributed by atoms with van der Waals surface area (Å²) < 4.78 is 0. The molecule has 84 valence electrons. The van der Waals surface area contributed by atoms with E-state index in [2.05, 4.69) is 10.3 Å². The van der Waals surface area contributed by atoms with Crippen LogP contribution in [-0.2, 0) is 4.79 Å². The van der Waals surface area contributed by atoms with E-state index in [0.29, 0.717) is 12.2 Å². The molecule has 2 N–H and O–H groups in total. The van der Waals surface area contributed by atoms with Crippen LogP contribution in [0.1, 0.15) is 23.0 Å². The largest absolute Gasteiger partial charge is 0.478 e. The number of carboxylic acid groups (broad SMARTS) is 1. The Morgan fingerprint density at radius 3 is 2.75 bits per heavy atom. The Morgan fingerprint density at radius 1 is 1.50 bits per heavy atom. The fourth-order valence-electron chi connectivity index (χ4n) is 1.01. The lowest BCUT2D eigenvalue weighted by Gasteiger charge is -1.96. The van der Waals surface area contributed by atoms with Gasteiger partial charge in [0.1, 0.15) is 0 Å². The van der Waals surface area contributed by atoms with Crippen LogP contribution in [0.15, 0.2) is 24.4 Å². The summed E-state index contributed by atoms with van der Waals surface area (Å²) in [6.45, 7) is 1.87. The van der Waals surface area contributed by atoms with Crippen molar-refractivity contribution in [3.05, 3.63) is 35.7 Å². The van der Waals surface area contributed by atoms with E-state index in [1.54, 1.807) is 18.2 Å². The fourth-order valence-corrected chi connectivity index (χ4v) is 1.01. The van der Waals surface area contributed by atoms with E-state index in [1.807, 2.05) is 0 Å². The average molecular weight is 220 g/mol. The van der Waals surface area contributed by atoms with E-state index in [4.69, 9.17) is 5.11 Å². The predicted molar refractivity (Wildman–Crippen MR) is 58.9 cm³/mol. The number of carboxylic acids is 1. The highest BCUT2D eigenvalue weighted by atomic mass is 16.4. The Kier molecular flexibility index (Phi) is 4.20. The number of aromatic carboxylic acids is 1. The summed E-state index contributed by atoms with van der Waals surface area (Å²) in [5.41, 5.74) is 0.800. The number of nitrogens with one attached hydrogen (secondary N) is 1. The highest BCUT2D eigenvalue weighted by Crippen LogP contribution is 2.01. The molecule has 0 saturated heterocycles. The van der Waals surface area contributed by atoms with Crippen molar-refractivity contribution >= 4 is 18.0 Å². The third-order valence-corrected chi connectivity index (χ3v) is 1.79. The van der Waals surface area contributed by atoms with Crippen molar-refractivity contribution in [2.24, 2.45) is 0 Å². The smallest absolute Gasteiger partial charge is 0.337 e. The first-order valence-electron chi connectivity index (χ1n) is 4.70. The molecule has 0 aliphatic heterocycles. The molecule has 0 saturated carbocycles. The number of aromatic nitrogens is 1. The molecule has 1 aromatic heterocycles. The predicted octanol–water partition coefficient (Wildman–Crippen LogP) is 0.929. The first-order chi connectivity index (χ1) is 7.59. The monoisotopic (exact) mass is 220 g/mol. The maximum atomic E-state index is 10.5. The molecule has 0 radical (unpaired) electrons. The first-order valence-corrected chi connectivity index (χ1v) is 4.70. The van der Waals surface area contributed by atoms with Crippen LogP contribution in [0.5, 0.6) is 0 Å². The van der Waals surface area contributed by atoms with Gasteiger partial charge in [-0.2, -0.15) is 0 Å². The van der Waals surface area contributed by atoms with E-state index < -0.39 is 5.97 Å². The van der Waals surface area contributed by atoms with E-state index in [-0.39, 0.29) is 11.5 Å². The third kappa shape index (κ3) is 3.91. The normalized spacial score (nSPS) is 10.3. The van der Waals surface area contributed by atoms with Gasteiger partial charge in [0.2, 0.25) is 5.91 Å². The van der Waals surface area contributed by atoms with Crippen molar-refractivity contribution in [2.75, 3.05) is 6.54 Å². The molecule has 5 nitrogen and oxygen atoms in total. The van der Waals surface area contributed by atoms with Gasteiger partial charge in [0.05, 0.1) is 11.3 Å². The van der Waals surface area contributed by atoms with Gasteiger partial charge >= 0.3 is 5.97 Å². The Labute approximate surface area is 92.8 Å². The lowest BCUT2D eigenvalue weighted by molar-refractivity contribution is -0.118. The zero-order chi connectivity index (χ0) is 12.0. The maximum Gasteiger partial charge on any atom is 0.337 e. The Hall–Kier alpha value is -2.17. The summed E-state index contributed by atoms with van der Waals surface area (Å²) in [5.74, 6) is -1.10. The fraction of sp³-hybridized carbons (Fsp3) is 0.182. The molecule has 1 amide bonds. The molecule has 1 heterocycles. The molecule has 16 heavy (non-hydrogen) atoms. The van der Waals surface area contributed by atoms with Crippen molar-refractivity contribution in [2.45, 2.75) is 6.92 Å². The number of pyridine rings is 1. The van der Waals surface area contributed by atoms with Gasteiger partial charge in [-0.25, -0.2) is 4.79 Å². The van der Waals surface area contributed by atoms with Crippen LogP contribution >= 0.6 is 0 Å². The number of hydrogen-bond donors (Lipinski definition) is 2. The van der Waals surface area contributed by atoms with E-state index in [9.17, 15) is 9.59 Å². The second-order valence-corrected chi connectivity index (χ2v) is 3.12. The number of rotatable bonds is 4. The number of carbonyl (C=O) groups is 2. The Bertz CT molecular complexity index is 410. The molecular formula is C11H12N2O3. The van der Waals surface area contributed by atoms with Crippen molar-refractivity contribution in [1.82, 2.24) is 10.3 Å². The summed E-state index contributed by atoms with van der Waals surface area (Å²) in [6, 6.07) is 3.08. The van der Waals surface area contributed by atoms with E-state index in [0.717, 1.165) is 0 Å². The lowest BCUT2D eigenvalue weighted by Crippen LogP contribution is -2.19. The van der Waals surface area contributed by atoms with Gasteiger partial charge in [-0.15, -0.1) is 0 Å². The zero-order valence-electron chi connectivity index (χ0n) is 8.80. The second kappa shape index (κ2) is 5.65. The second-order valence-electron chi connectivity index (χ2n) is 3.12. The van der Waals surface area contributed by atoms with Gasteiger partial charge < -0.3 is 10.4 Å². The summed E-state index contributed by atoms with van der Waals surface area (Å²) in [5, 5.41) is 11.2. The molecule has 0 aliphatic rings. The number of carbonyl (C=O) groups excluding carboxylic acids is 1. The number of amides is 1. The Morgan fingerprint density at radius 2 is 2.25 bits per heavy atom. The maximum absolute atomic E-state index is 10.5. The van der Waals surface area contributed by atoms with E-state index >= 15 is 0 Å². The molecule has 0 aliphatic carbocycles. The molecule has 0 bridgehead atoms. The molecule has 1 rings (SSSR count). The zero-order valence-corrected chi connectivity index (χ0v) is 8.80. The highest BCUT2D eigenvalue weighted by Gasteiger charge is 2.00. The van der Waals surface area contributed by atoms with E-state index in [1.165, 1.54) is 19.2 Å². The van der Waals surface area contributed by atoms with Crippen LogP contribution in [0.25, 0.3) is 6.08 Å². The molecule has 0 spiro atoms. The van der Waals surface area contributed by atoms with Crippen LogP contribution in [0, 0.1) is 0 Å². The topological polar surface area (TPSA) is 79.3 Å². The quantitative estimate of drug-likeness (QED) is 0.791. The molecular weight excluding hydrogens is 208 g/mol. The van der Waals surface area contributed by atoms with Crippen LogP contribution < -0.4 is 5.32 Å². The van der Waals surface area contributed by atoms with Gasteiger partial charge in [0.25, 0.3) is 0 Å². The van der Waals surface area contributed by atoms with Crippen molar-refractivity contribution in [3.8, 4) is 0 Å². The summed E-state index contributed by atoms with van der Waals surface area (Å²) in [6.07, 6.45) is 4.74. The standard InChI is InChI=1S/C11H12N2O3/c1-8(14)12-6-2-3-10-5-4-9(7-13-10)11(15)16/h2-5,7H,6H2,1H3,(H,12,14)(H,15,16). The summed E-state index contributed by atoms with van der Waals surface area (Å²) in [7, 11) is 0. The summed E-state index contributed by atoms with van der Waals surface area (Å²) in [4.78, 5) is 25.0. The van der Waals surface area contributed by atoms with Crippen molar-refractivity contribution in [1.29, 1.82) is 0 Å². The van der Waals surface area contributed by atoms with Gasteiger partial charge in [-0.3, -0.25) is 9.78 Å². The molecule has 0 fully saturated rings. The number of hydrogen-bond acceptors (Lipinski definition) is 3. The lowest BCUT2D eigenvalue weighted by atomic mass is 10.2. The van der Waals surface area contributed by atoms with Crippen LogP contribution in [0.3, 0.4) is 0 Å². The third-order valence-electron chi connectivity index (χ3n) is 1.79. The number of nitrogens with zero attached hydrogens (tertiary/aromatic N) is 1. The SMILES string of the molecule is CC(=O)NCC=Cc1ccc(C(=O)O)cn1. The molecule has 1 aromatic rings. The minimum Gasteiger partial charge on any atom is -0.478 e. The minimum atomic E-state index is -0.999. The summed E-state index contributed by atoms with van der Waals surface area (Å²) >= 11 is 0. The van der Waals surface area contributed by atoms with Gasteiger partial charge in [0.15, 0.2) is 0 Å². The van der Waals surface area contributed by atoms with Gasteiger partial charge in [-0.05, 0) is 18.2 Å². The molecule has 0 aromatic carbocycles. The molecule has 5 heteroatoms. The average Bonchev–Trinajstić information content (AvgIpc) is 2.25. The van der Waals surface area contributed by atoms with Gasteiger partial charge in [0, 0.05) is 19.7 Å². The van der Waals surface area contributed by atoms with Crippen molar-refractivity contribution < 1.29 is 14.7 Å². The van der Waals surface area contributed by atoms with Crippen LogP contribution in [0.2, 0.25) is 0 Å². The van der Waals surface area contributed by atoms with Crippen LogP contribution in [-0.4, -0.2) is 28.5 Å². The minimum absolute atomic E-state index is 0.0983. The molecule has 0 unspecified atom stereocenters. The first kappa shape index (κ1) is 11.9. The van der Waals surface area contributed by atoms with Gasteiger partial charge in [-0.1, -0.05) is 6.08 Å². The van der Waals surface area contributed by atoms with Crippen LogP contribution in [0.4, 0.5) is 0 Å². The Balaban J connectivity index is 2.55. The highest BCUT2D eigenvalue weighted by molar-refractivity contribution is 5.87. The van der Waals surface area contributed by atoms with Crippen molar-refractivity contribution in [3.63, 3.8) is 0 Å². The molecule has 0 atom stereocenters.